The zero-order valence-corrected chi connectivity index (χ0v) is 21.1. The van der Waals surface area contributed by atoms with Crippen LogP contribution in [0.5, 0.6) is 5.75 Å². The van der Waals surface area contributed by atoms with Crippen molar-refractivity contribution in [3.8, 4) is 5.75 Å². The van der Waals surface area contributed by atoms with Gasteiger partial charge >= 0.3 is 0 Å². The third kappa shape index (κ3) is 7.12. The Hall–Kier alpha value is -2.30. The minimum atomic E-state index is -0.00698. The molecule has 1 aliphatic rings. The van der Waals surface area contributed by atoms with Crippen molar-refractivity contribution in [3.63, 3.8) is 0 Å². The van der Waals surface area contributed by atoms with Crippen molar-refractivity contribution in [1.29, 1.82) is 0 Å². The molecule has 170 valence electrons. The Morgan fingerprint density at radius 3 is 2.68 bits per heavy atom. The summed E-state index contributed by atoms with van der Waals surface area (Å²) in [6.07, 6.45) is 5.94. The summed E-state index contributed by atoms with van der Waals surface area (Å²) in [5.74, 6) is 2.07. The predicted octanol–water partition coefficient (Wildman–Crippen LogP) is 2.11. The number of nitrogens with zero attached hydrogens (tertiary/aromatic N) is 5. The third-order valence-corrected chi connectivity index (χ3v) is 5.40. The smallest absolute Gasteiger partial charge is 0.243 e. The Labute approximate surface area is 201 Å². The van der Waals surface area contributed by atoms with E-state index < -0.39 is 0 Å². The molecule has 1 N–H and O–H groups in total. The van der Waals surface area contributed by atoms with Crippen LogP contribution in [0, 0.1) is 0 Å². The lowest BCUT2D eigenvalue weighted by Gasteiger charge is -2.22. The standard InChI is InChI=1S/C22H32N6O2.HI/c1-26(2)21(29)14-24-22(23-11-9-17-5-7-20(30-4)8-6-17)28-12-10-18(16-28)19-13-25-27(3)15-19;/h5-8,13,15,18H,9-12,14,16H2,1-4H3,(H,23,24);1H. The molecule has 1 aromatic carbocycles. The van der Waals surface area contributed by atoms with Gasteiger partial charge in [0, 0.05) is 52.9 Å². The first-order chi connectivity index (χ1) is 14.5. The van der Waals surface area contributed by atoms with Crippen LogP contribution in [0.2, 0.25) is 0 Å². The molecule has 0 radical (unpaired) electrons. The molecule has 31 heavy (non-hydrogen) atoms. The van der Waals surface area contributed by atoms with E-state index in [1.807, 2.05) is 30.1 Å². The quantitative estimate of drug-likeness (QED) is 0.331. The van der Waals surface area contributed by atoms with Gasteiger partial charge in [-0.25, -0.2) is 4.99 Å². The lowest BCUT2D eigenvalue weighted by Crippen LogP contribution is -2.41. The van der Waals surface area contributed by atoms with Gasteiger partial charge in [0.05, 0.1) is 13.3 Å². The average molecular weight is 540 g/mol. The zero-order valence-electron chi connectivity index (χ0n) is 18.7. The molecule has 1 saturated heterocycles. The highest BCUT2D eigenvalue weighted by molar-refractivity contribution is 14.0. The second kappa shape index (κ2) is 11.9. The van der Waals surface area contributed by atoms with Crippen molar-refractivity contribution >= 4 is 35.8 Å². The summed E-state index contributed by atoms with van der Waals surface area (Å²) in [7, 11) is 7.12. The summed E-state index contributed by atoms with van der Waals surface area (Å²) < 4.78 is 7.06. The Morgan fingerprint density at radius 2 is 2.06 bits per heavy atom. The van der Waals surface area contributed by atoms with Gasteiger partial charge < -0.3 is 19.9 Å². The van der Waals surface area contributed by atoms with Crippen molar-refractivity contribution < 1.29 is 9.53 Å². The highest BCUT2D eigenvalue weighted by Crippen LogP contribution is 2.26. The number of carbonyl (C=O) groups excluding carboxylic acids is 1. The highest BCUT2D eigenvalue weighted by atomic mass is 127. The van der Waals surface area contributed by atoms with Crippen LogP contribution in [-0.4, -0.2) is 78.8 Å². The van der Waals surface area contributed by atoms with Gasteiger partial charge in [0.25, 0.3) is 0 Å². The fraction of sp³-hybridized carbons (Fsp3) is 0.500. The molecule has 2 aromatic rings. The number of aliphatic imine (C=N–C) groups is 1. The van der Waals surface area contributed by atoms with Crippen molar-refractivity contribution in [1.82, 2.24) is 24.9 Å². The normalized spacial score (nSPS) is 16.1. The number of ether oxygens (including phenoxy) is 1. The topological polar surface area (TPSA) is 75.0 Å². The van der Waals surface area contributed by atoms with Crippen LogP contribution in [0.3, 0.4) is 0 Å². The molecule has 1 unspecified atom stereocenters. The van der Waals surface area contributed by atoms with Crippen molar-refractivity contribution in [2.45, 2.75) is 18.8 Å². The number of nitrogens with one attached hydrogen (secondary N) is 1. The zero-order chi connectivity index (χ0) is 21.5. The Kier molecular flexibility index (Phi) is 9.60. The van der Waals surface area contributed by atoms with Crippen molar-refractivity contribution in [2.24, 2.45) is 12.0 Å². The number of guanidine groups is 1. The van der Waals surface area contributed by atoms with Gasteiger partial charge in [-0.2, -0.15) is 5.10 Å². The summed E-state index contributed by atoms with van der Waals surface area (Å²) in [6, 6.07) is 8.08. The number of aryl methyl sites for hydroxylation is 1. The van der Waals surface area contributed by atoms with E-state index in [-0.39, 0.29) is 36.4 Å². The van der Waals surface area contributed by atoms with Crippen molar-refractivity contribution in [3.05, 3.63) is 47.8 Å². The molecule has 3 rings (SSSR count). The lowest BCUT2D eigenvalue weighted by atomic mass is 10.0. The number of likely N-dealkylation sites (N-methyl/N-ethyl adjacent to an activating group) is 1. The second-order valence-electron chi connectivity index (χ2n) is 7.83. The number of aromatic nitrogens is 2. The average Bonchev–Trinajstić information content (AvgIpc) is 3.39. The van der Waals surface area contributed by atoms with Gasteiger partial charge in [0.1, 0.15) is 12.3 Å². The molecule has 0 saturated carbocycles. The van der Waals surface area contributed by atoms with Crippen LogP contribution in [0.25, 0.3) is 0 Å². The number of methoxy groups -OCH3 is 1. The largest absolute Gasteiger partial charge is 0.497 e. The molecular formula is C22H33IN6O2. The SMILES string of the molecule is COc1ccc(CCNC(=NCC(=O)N(C)C)N2CCC(c3cnn(C)c3)C2)cc1.I. The number of hydrogen-bond donors (Lipinski definition) is 1. The molecule has 2 heterocycles. The maximum Gasteiger partial charge on any atom is 0.243 e. The number of rotatable bonds is 7. The summed E-state index contributed by atoms with van der Waals surface area (Å²) >= 11 is 0. The number of halogens is 1. The molecule has 0 aliphatic carbocycles. The van der Waals surface area contributed by atoms with E-state index in [1.165, 1.54) is 11.1 Å². The number of hydrogen-bond acceptors (Lipinski definition) is 4. The Balaban J connectivity index is 0.00000341. The maximum atomic E-state index is 12.1. The van der Waals surface area contributed by atoms with Gasteiger partial charge in [-0.05, 0) is 36.1 Å². The molecule has 1 fully saturated rings. The molecule has 1 aliphatic heterocycles. The van der Waals surface area contributed by atoms with Gasteiger partial charge in [0.15, 0.2) is 5.96 Å². The van der Waals surface area contributed by atoms with E-state index in [1.54, 1.807) is 26.1 Å². The first-order valence-corrected chi connectivity index (χ1v) is 10.3. The van der Waals surface area contributed by atoms with Gasteiger partial charge in [-0.3, -0.25) is 9.48 Å². The Morgan fingerprint density at radius 1 is 1.32 bits per heavy atom. The van der Waals surface area contributed by atoms with E-state index in [9.17, 15) is 4.79 Å². The van der Waals surface area contributed by atoms with E-state index in [2.05, 4.69) is 38.6 Å². The number of carbonyl (C=O) groups is 1. The first kappa shape index (κ1) is 25.0. The summed E-state index contributed by atoms with van der Waals surface area (Å²) in [5.41, 5.74) is 2.48. The maximum absolute atomic E-state index is 12.1. The molecule has 0 spiro atoms. The summed E-state index contributed by atoms with van der Waals surface area (Å²) in [6.45, 7) is 2.67. The minimum absolute atomic E-state index is 0. The lowest BCUT2D eigenvalue weighted by molar-refractivity contribution is -0.127. The van der Waals surface area contributed by atoms with Crippen molar-refractivity contribution in [2.75, 3.05) is 47.4 Å². The fourth-order valence-corrected chi connectivity index (χ4v) is 3.54. The highest BCUT2D eigenvalue weighted by Gasteiger charge is 2.27. The van der Waals surface area contributed by atoms with E-state index in [0.717, 1.165) is 44.2 Å². The first-order valence-electron chi connectivity index (χ1n) is 10.3. The summed E-state index contributed by atoms with van der Waals surface area (Å²) in [4.78, 5) is 20.5. The third-order valence-electron chi connectivity index (χ3n) is 5.40. The van der Waals surface area contributed by atoms with Gasteiger partial charge in [-0.1, -0.05) is 12.1 Å². The van der Waals surface area contributed by atoms with Crippen LogP contribution in [0.4, 0.5) is 0 Å². The number of amides is 1. The minimum Gasteiger partial charge on any atom is -0.497 e. The van der Waals surface area contributed by atoms with Gasteiger partial charge in [0.2, 0.25) is 5.91 Å². The molecule has 0 bridgehead atoms. The van der Waals surface area contributed by atoms with Gasteiger partial charge in [-0.15, -0.1) is 24.0 Å². The van der Waals surface area contributed by atoms with Crippen LogP contribution >= 0.6 is 24.0 Å². The second-order valence-corrected chi connectivity index (χ2v) is 7.83. The van der Waals surface area contributed by atoms with E-state index >= 15 is 0 Å². The monoisotopic (exact) mass is 540 g/mol. The van der Waals surface area contributed by atoms with E-state index in [4.69, 9.17) is 4.74 Å². The summed E-state index contributed by atoms with van der Waals surface area (Å²) in [5, 5.41) is 7.76. The van der Waals surface area contributed by atoms with Crippen LogP contribution in [0.15, 0.2) is 41.7 Å². The number of benzene rings is 1. The molecule has 9 heteroatoms. The fourth-order valence-electron chi connectivity index (χ4n) is 3.54. The van der Waals surface area contributed by atoms with E-state index in [0.29, 0.717) is 5.92 Å². The molecule has 1 amide bonds. The number of likely N-dealkylation sites (tertiary alicyclic amines) is 1. The molecule has 8 nitrogen and oxygen atoms in total. The Bertz CT molecular complexity index is 865. The molecular weight excluding hydrogens is 507 g/mol. The molecule has 1 atom stereocenters. The van der Waals surface area contributed by atoms with Crippen LogP contribution in [0.1, 0.15) is 23.5 Å². The predicted molar refractivity (Wildman–Crippen MR) is 133 cm³/mol. The van der Waals surface area contributed by atoms with Crippen LogP contribution in [-0.2, 0) is 18.3 Å². The molecule has 1 aromatic heterocycles. The van der Waals surface area contributed by atoms with Crippen LogP contribution < -0.4 is 10.1 Å².